The summed E-state index contributed by atoms with van der Waals surface area (Å²) in [6.07, 6.45) is 3.46. The quantitative estimate of drug-likeness (QED) is 0.588. The first-order chi connectivity index (χ1) is 14.9. The van der Waals surface area contributed by atoms with Gasteiger partial charge in [0.05, 0.1) is 43.4 Å². The molecule has 2 aliphatic heterocycles. The molecule has 1 aromatic carbocycles. The van der Waals surface area contributed by atoms with Crippen molar-refractivity contribution in [2.24, 2.45) is 7.05 Å². The molecular formula is C21H22FN7O2. The number of hydrogen-bond acceptors (Lipinski definition) is 7. The highest BCUT2D eigenvalue weighted by Crippen LogP contribution is 2.36. The molecule has 1 fully saturated rings. The second kappa shape index (κ2) is 7.31. The summed E-state index contributed by atoms with van der Waals surface area (Å²) in [5.41, 5.74) is 9.23. The number of carbonyl (C=O) groups is 1. The number of carbonyl (C=O) groups excluding carboxylic acids is 1. The maximum Gasteiger partial charge on any atom is 0.254 e. The molecule has 160 valence electrons. The summed E-state index contributed by atoms with van der Waals surface area (Å²) in [6, 6.07) is 3.77. The molecule has 0 aliphatic carbocycles. The van der Waals surface area contributed by atoms with Crippen molar-refractivity contribution < 1.29 is 13.9 Å². The summed E-state index contributed by atoms with van der Waals surface area (Å²) in [6.45, 7) is 1.47. The average molecular weight is 423 g/mol. The van der Waals surface area contributed by atoms with Crippen LogP contribution in [0, 0.1) is 5.82 Å². The molecule has 2 aromatic heterocycles. The fourth-order valence-electron chi connectivity index (χ4n) is 4.22. The van der Waals surface area contributed by atoms with E-state index in [0.29, 0.717) is 41.5 Å². The number of rotatable bonds is 0. The zero-order valence-corrected chi connectivity index (χ0v) is 17.2. The van der Waals surface area contributed by atoms with Crippen LogP contribution in [0.1, 0.15) is 27.7 Å². The molecule has 2 bridgehead atoms. The number of hydrogen-bond donors (Lipinski definition) is 1. The number of nitrogens with two attached hydrogens (primary N) is 1. The predicted octanol–water partition coefficient (Wildman–Crippen LogP) is 1.76. The van der Waals surface area contributed by atoms with Crippen LogP contribution in [0.4, 0.5) is 16.0 Å². The molecule has 0 saturated carbocycles. The van der Waals surface area contributed by atoms with E-state index in [1.807, 2.05) is 18.1 Å². The number of halogens is 1. The number of fused-ring (bicyclic) bond motifs is 8. The van der Waals surface area contributed by atoms with Gasteiger partial charge in [-0.1, -0.05) is 0 Å². The third kappa shape index (κ3) is 3.28. The van der Waals surface area contributed by atoms with Crippen molar-refractivity contribution >= 4 is 17.5 Å². The lowest BCUT2D eigenvalue weighted by Gasteiger charge is -2.38. The summed E-state index contributed by atoms with van der Waals surface area (Å²) in [4.78, 5) is 26.1. The fourth-order valence-corrected chi connectivity index (χ4v) is 4.22. The van der Waals surface area contributed by atoms with Gasteiger partial charge in [0.2, 0.25) is 0 Å². The molecule has 0 unspecified atom stereocenters. The molecule has 0 spiro atoms. The van der Waals surface area contributed by atoms with Crippen molar-refractivity contribution in [2.75, 3.05) is 37.4 Å². The van der Waals surface area contributed by atoms with Crippen molar-refractivity contribution in [3.8, 4) is 11.3 Å². The minimum atomic E-state index is -0.434. The standard InChI is InChI=1S/C21H22FN7O2/c1-27-10-17-15(9-28(2)26-17)16-8-24-19(23)20(25-16)29-5-6-31-11-18(29)14-7-12(22)3-4-13(14)21(27)30/h3-4,7-9,18H,5-6,10-11H2,1-2H3,(H2,23,24)/t18-/m1/s1. The Balaban J connectivity index is 1.78. The molecule has 10 heteroatoms. The SMILES string of the molecule is CN1Cc2nn(C)cc2-c2cnc(N)c(n2)N2CCOC[C@@H]2c2cc(F)ccc2C1=O. The van der Waals surface area contributed by atoms with Crippen LogP contribution in [0.3, 0.4) is 0 Å². The first-order valence-corrected chi connectivity index (χ1v) is 9.97. The number of benzene rings is 1. The Bertz CT molecular complexity index is 1180. The van der Waals surface area contributed by atoms with Crippen LogP contribution in [0.25, 0.3) is 11.3 Å². The Morgan fingerprint density at radius 2 is 2.10 bits per heavy atom. The van der Waals surface area contributed by atoms with Crippen LogP contribution < -0.4 is 10.6 Å². The van der Waals surface area contributed by atoms with Gasteiger partial charge < -0.3 is 20.3 Å². The highest BCUT2D eigenvalue weighted by molar-refractivity contribution is 5.96. The number of nitrogens with zero attached hydrogens (tertiary/aromatic N) is 6. The minimum Gasteiger partial charge on any atom is -0.381 e. The molecule has 2 N–H and O–H groups in total. The van der Waals surface area contributed by atoms with Crippen molar-refractivity contribution in [3.05, 3.63) is 53.2 Å². The van der Waals surface area contributed by atoms with Crippen molar-refractivity contribution in [3.63, 3.8) is 0 Å². The van der Waals surface area contributed by atoms with Crippen molar-refractivity contribution in [1.29, 1.82) is 0 Å². The zero-order chi connectivity index (χ0) is 21.7. The Kier molecular flexibility index (Phi) is 4.58. The third-order valence-electron chi connectivity index (χ3n) is 5.70. The molecule has 4 heterocycles. The van der Waals surface area contributed by atoms with Gasteiger partial charge in [0.15, 0.2) is 11.6 Å². The maximum atomic E-state index is 14.3. The number of morpholine rings is 1. The normalized spacial score (nSPS) is 18.5. The van der Waals surface area contributed by atoms with Gasteiger partial charge in [-0.25, -0.2) is 14.4 Å². The molecule has 31 heavy (non-hydrogen) atoms. The Labute approximate surface area is 178 Å². The number of aryl methyl sites for hydroxylation is 1. The van der Waals surface area contributed by atoms with E-state index in [2.05, 4.69) is 10.1 Å². The molecule has 3 aromatic rings. The van der Waals surface area contributed by atoms with E-state index in [-0.39, 0.29) is 24.9 Å². The van der Waals surface area contributed by atoms with Gasteiger partial charge >= 0.3 is 0 Å². The van der Waals surface area contributed by atoms with Gasteiger partial charge in [-0.15, -0.1) is 0 Å². The summed E-state index contributed by atoms with van der Waals surface area (Å²) in [5.74, 6) is 0.101. The van der Waals surface area contributed by atoms with E-state index >= 15 is 0 Å². The highest BCUT2D eigenvalue weighted by atomic mass is 19.1. The third-order valence-corrected chi connectivity index (χ3v) is 5.70. The number of amides is 1. The van der Waals surface area contributed by atoms with Gasteiger partial charge in [-0.3, -0.25) is 9.48 Å². The van der Waals surface area contributed by atoms with Crippen molar-refractivity contribution in [2.45, 2.75) is 12.6 Å². The lowest BCUT2D eigenvalue weighted by atomic mass is 9.97. The van der Waals surface area contributed by atoms with E-state index in [0.717, 1.165) is 5.56 Å². The topological polar surface area (TPSA) is 102 Å². The predicted molar refractivity (Wildman–Crippen MR) is 112 cm³/mol. The van der Waals surface area contributed by atoms with Gasteiger partial charge in [0.1, 0.15) is 5.82 Å². The lowest BCUT2D eigenvalue weighted by molar-refractivity contribution is 0.0771. The summed E-state index contributed by atoms with van der Waals surface area (Å²) < 4.78 is 21.7. The lowest BCUT2D eigenvalue weighted by Crippen LogP contribution is -2.42. The highest BCUT2D eigenvalue weighted by Gasteiger charge is 2.33. The molecule has 0 radical (unpaired) electrons. The summed E-state index contributed by atoms with van der Waals surface area (Å²) in [7, 11) is 3.52. The number of aromatic nitrogens is 4. The first kappa shape index (κ1) is 19.4. The maximum absolute atomic E-state index is 14.3. The average Bonchev–Trinajstić information content (AvgIpc) is 3.13. The second-order valence-corrected chi connectivity index (χ2v) is 7.80. The summed E-state index contributed by atoms with van der Waals surface area (Å²) in [5, 5.41) is 4.52. The fraction of sp³-hybridized carbons (Fsp3) is 0.333. The monoisotopic (exact) mass is 423 g/mol. The smallest absolute Gasteiger partial charge is 0.254 e. The van der Waals surface area contributed by atoms with Crippen LogP contribution in [0.2, 0.25) is 0 Å². The van der Waals surface area contributed by atoms with Crippen LogP contribution in [-0.2, 0) is 18.3 Å². The molecule has 5 rings (SSSR count). The van der Waals surface area contributed by atoms with Gasteiger partial charge in [0, 0.05) is 38.0 Å². The Hall–Kier alpha value is -3.53. The van der Waals surface area contributed by atoms with E-state index in [4.69, 9.17) is 15.5 Å². The summed E-state index contributed by atoms with van der Waals surface area (Å²) >= 11 is 0. The Morgan fingerprint density at radius 1 is 1.26 bits per heavy atom. The minimum absolute atomic E-state index is 0.222. The van der Waals surface area contributed by atoms with Crippen LogP contribution in [0.5, 0.6) is 0 Å². The Morgan fingerprint density at radius 3 is 2.94 bits per heavy atom. The molecule has 1 saturated heterocycles. The van der Waals surface area contributed by atoms with Crippen LogP contribution >= 0.6 is 0 Å². The zero-order valence-electron chi connectivity index (χ0n) is 17.2. The van der Waals surface area contributed by atoms with Gasteiger partial charge in [0.25, 0.3) is 5.91 Å². The van der Waals surface area contributed by atoms with Crippen molar-refractivity contribution in [1.82, 2.24) is 24.6 Å². The molecule has 2 aliphatic rings. The van der Waals surface area contributed by atoms with E-state index in [9.17, 15) is 9.18 Å². The second-order valence-electron chi connectivity index (χ2n) is 7.80. The largest absolute Gasteiger partial charge is 0.381 e. The molecule has 9 nitrogen and oxygen atoms in total. The van der Waals surface area contributed by atoms with Crippen LogP contribution in [0.15, 0.2) is 30.6 Å². The van der Waals surface area contributed by atoms with Gasteiger partial charge in [-0.05, 0) is 23.8 Å². The van der Waals surface area contributed by atoms with E-state index < -0.39 is 11.9 Å². The molecule has 1 amide bonds. The van der Waals surface area contributed by atoms with E-state index in [1.165, 1.54) is 18.2 Å². The molecular weight excluding hydrogens is 401 g/mol. The van der Waals surface area contributed by atoms with E-state index in [1.54, 1.807) is 22.8 Å². The number of anilines is 2. The van der Waals surface area contributed by atoms with Gasteiger partial charge in [-0.2, -0.15) is 5.10 Å². The molecule has 1 atom stereocenters. The first-order valence-electron chi connectivity index (χ1n) is 9.97. The number of nitrogen functional groups attached to an aromatic ring is 1. The number of ether oxygens (including phenoxy) is 1. The van der Waals surface area contributed by atoms with Crippen LogP contribution in [-0.4, -0.2) is 57.4 Å².